The van der Waals surface area contributed by atoms with Crippen molar-refractivity contribution in [2.45, 2.75) is 20.4 Å². The van der Waals surface area contributed by atoms with Gasteiger partial charge in [0.2, 0.25) is 0 Å². The molecular formula is C22H19Cl2N3O3. The molecule has 1 aromatic heterocycles. The molecule has 6 nitrogen and oxygen atoms in total. The third kappa shape index (κ3) is 5.95. The van der Waals surface area contributed by atoms with Crippen LogP contribution < -0.4 is 10.6 Å². The topological polar surface area (TPSA) is 83.7 Å². The highest BCUT2D eigenvalue weighted by atomic mass is 35.5. The fourth-order valence-electron chi connectivity index (χ4n) is 2.57. The fourth-order valence-corrected chi connectivity index (χ4v) is 3.08. The van der Waals surface area contributed by atoms with Crippen LogP contribution in [0.15, 0.2) is 57.9 Å². The summed E-state index contributed by atoms with van der Waals surface area (Å²) in [7, 11) is 0. The molecule has 0 spiro atoms. The van der Waals surface area contributed by atoms with Crippen LogP contribution in [0, 0.1) is 13.8 Å². The molecule has 8 heteroatoms. The first-order chi connectivity index (χ1) is 14.3. The van der Waals surface area contributed by atoms with Gasteiger partial charge in [0, 0.05) is 15.7 Å². The minimum atomic E-state index is -0.756. The fraction of sp³-hybridized carbons (Fsp3) is 0.136. The third-order valence-corrected chi connectivity index (χ3v) is 4.70. The second-order valence-corrected chi connectivity index (χ2v) is 7.50. The number of carbonyl (C=O) groups is 2. The summed E-state index contributed by atoms with van der Waals surface area (Å²) < 4.78 is 5.58. The molecule has 0 saturated heterocycles. The molecule has 0 bridgehead atoms. The van der Waals surface area contributed by atoms with Crippen LogP contribution in [0.4, 0.5) is 11.4 Å². The second kappa shape index (κ2) is 9.61. The van der Waals surface area contributed by atoms with Crippen LogP contribution in [0.5, 0.6) is 0 Å². The van der Waals surface area contributed by atoms with Gasteiger partial charge >= 0.3 is 11.8 Å². The van der Waals surface area contributed by atoms with E-state index in [1.807, 2.05) is 26.0 Å². The van der Waals surface area contributed by atoms with Crippen molar-refractivity contribution in [3.63, 3.8) is 0 Å². The number of nitrogens with one attached hydrogen (secondary N) is 2. The summed E-state index contributed by atoms with van der Waals surface area (Å²) in [4.78, 5) is 28.3. The van der Waals surface area contributed by atoms with E-state index < -0.39 is 11.8 Å². The Morgan fingerprint density at radius 3 is 2.40 bits per heavy atom. The number of rotatable bonds is 5. The van der Waals surface area contributed by atoms with Crippen molar-refractivity contribution in [2.24, 2.45) is 4.99 Å². The van der Waals surface area contributed by atoms with Gasteiger partial charge in [0.15, 0.2) is 0 Å². The lowest BCUT2D eigenvalue weighted by Gasteiger charge is -2.07. The number of aryl methyl sites for hydroxylation is 2. The highest BCUT2D eigenvalue weighted by Crippen LogP contribution is 2.24. The van der Waals surface area contributed by atoms with Crippen molar-refractivity contribution < 1.29 is 14.0 Å². The molecule has 2 aromatic carbocycles. The first-order valence-electron chi connectivity index (χ1n) is 9.05. The maximum atomic E-state index is 12.1. The summed E-state index contributed by atoms with van der Waals surface area (Å²) in [5.41, 5.74) is 3.28. The largest absolute Gasteiger partial charge is 0.458 e. The summed E-state index contributed by atoms with van der Waals surface area (Å²) >= 11 is 11.9. The Hall–Kier alpha value is -3.09. The van der Waals surface area contributed by atoms with E-state index in [0.29, 0.717) is 32.9 Å². The number of amides is 2. The Balaban J connectivity index is 1.54. The molecule has 0 saturated carbocycles. The quantitative estimate of drug-likeness (QED) is 0.419. The Bertz CT molecular complexity index is 1100. The molecule has 0 aliphatic rings. The molecule has 3 aromatic rings. The maximum Gasteiger partial charge on any atom is 0.313 e. The van der Waals surface area contributed by atoms with E-state index in [1.165, 1.54) is 6.21 Å². The van der Waals surface area contributed by atoms with Crippen LogP contribution in [0.1, 0.15) is 22.6 Å². The highest BCUT2D eigenvalue weighted by molar-refractivity contribution is 6.39. The number of carbonyl (C=O) groups excluding carboxylic acids is 2. The van der Waals surface area contributed by atoms with Crippen molar-refractivity contribution in [3.05, 3.63) is 81.2 Å². The van der Waals surface area contributed by atoms with Crippen molar-refractivity contribution in [2.75, 3.05) is 5.32 Å². The van der Waals surface area contributed by atoms with Gasteiger partial charge in [-0.25, -0.2) is 0 Å². The normalized spacial score (nSPS) is 10.9. The second-order valence-electron chi connectivity index (χ2n) is 6.63. The lowest BCUT2D eigenvalue weighted by molar-refractivity contribution is -0.136. The van der Waals surface area contributed by atoms with E-state index >= 15 is 0 Å². The molecule has 1 heterocycles. The molecule has 0 unspecified atom stereocenters. The van der Waals surface area contributed by atoms with E-state index in [9.17, 15) is 9.59 Å². The van der Waals surface area contributed by atoms with Crippen molar-refractivity contribution in [1.29, 1.82) is 0 Å². The predicted octanol–water partition coefficient (Wildman–Crippen LogP) is 5.21. The lowest BCUT2D eigenvalue weighted by Crippen LogP contribution is -2.34. The predicted molar refractivity (Wildman–Crippen MR) is 119 cm³/mol. The minimum Gasteiger partial charge on any atom is -0.458 e. The van der Waals surface area contributed by atoms with Gasteiger partial charge in [0.1, 0.15) is 11.5 Å². The molecule has 0 aliphatic carbocycles. The molecular weight excluding hydrogens is 425 g/mol. The van der Waals surface area contributed by atoms with E-state index in [2.05, 4.69) is 15.6 Å². The van der Waals surface area contributed by atoms with Gasteiger partial charge in [-0.1, -0.05) is 29.3 Å². The molecule has 0 radical (unpaired) electrons. The highest BCUT2D eigenvalue weighted by Gasteiger charge is 2.14. The Morgan fingerprint density at radius 1 is 0.967 bits per heavy atom. The van der Waals surface area contributed by atoms with Gasteiger partial charge in [-0.2, -0.15) is 0 Å². The van der Waals surface area contributed by atoms with E-state index in [4.69, 9.17) is 27.6 Å². The monoisotopic (exact) mass is 443 g/mol. The zero-order valence-corrected chi connectivity index (χ0v) is 17.8. The number of furan rings is 1. The van der Waals surface area contributed by atoms with Crippen LogP contribution in [-0.4, -0.2) is 18.0 Å². The molecule has 30 heavy (non-hydrogen) atoms. The van der Waals surface area contributed by atoms with Crippen LogP contribution in [0.3, 0.4) is 0 Å². The van der Waals surface area contributed by atoms with Crippen LogP contribution in [0.2, 0.25) is 10.0 Å². The zero-order valence-electron chi connectivity index (χ0n) is 16.3. The lowest BCUT2D eigenvalue weighted by atomic mass is 10.1. The summed E-state index contributed by atoms with van der Waals surface area (Å²) in [6, 6.07) is 13.8. The third-order valence-electron chi connectivity index (χ3n) is 4.26. The average molecular weight is 444 g/mol. The minimum absolute atomic E-state index is 0.0655. The number of hydrogen-bond acceptors (Lipinski definition) is 4. The first-order valence-corrected chi connectivity index (χ1v) is 9.81. The average Bonchev–Trinajstić information content (AvgIpc) is 3.14. The molecule has 0 aliphatic heterocycles. The van der Waals surface area contributed by atoms with E-state index in [1.54, 1.807) is 36.4 Å². The number of halogens is 2. The van der Waals surface area contributed by atoms with Crippen molar-refractivity contribution in [1.82, 2.24) is 5.32 Å². The van der Waals surface area contributed by atoms with Crippen LogP contribution in [-0.2, 0) is 16.1 Å². The van der Waals surface area contributed by atoms with Gasteiger partial charge < -0.3 is 15.1 Å². The Labute approximate surface area is 183 Å². The van der Waals surface area contributed by atoms with E-state index in [0.717, 1.165) is 11.1 Å². The van der Waals surface area contributed by atoms with Crippen LogP contribution >= 0.6 is 23.2 Å². The summed E-state index contributed by atoms with van der Waals surface area (Å²) in [6.45, 7) is 3.97. The van der Waals surface area contributed by atoms with E-state index in [-0.39, 0.29) is 6.54 Å². The standard InChI is InChI=1S/C22H19Cl2N3O3/c1-13-3-4-17(7-14(13)2)27-22(29)21(28)26-12-20-6-5-19(30-20)11-25-18-9-15(23)8-16(24)10-18/h3-11H,12H2,1-2H3,(H,26,28)(H,27,29). The zero-order chi connectivity index (χ0) is 21.7. The van der Waals surface area contributed by atoms with Gasteiger partial charge in [0.25, 0.3) is 0 Å². The summed E-state index contributed by atoms with van der Waals surface area (Å²) in [5.74, 6) is -0.541. The van der Waals surface area contributed by atoms with Crippen molar-refractivity contribution >= 4 is 52.6 Å². The molecule has 0 fully saturated rings. The van der Waals surface area contributed by atoms with Crippen LogP contribution in [0.25, 0.3) is 0 Å². The van der Waals surface area contributed by atoms with Gasteiger partial charge in [-0.05, 0) is 67.4 Å². The number of aliphatic imine (C=N–C) groups is 1. The Morgan fingerprint density at radius 2 is 1.70 bits per heavy atom. The smallest absolute Gasteiger partial charge is 0.313 e. The number of nitrogens with zero attached hydrogens (tertiary/aromatic N) is 1. The number of benzene rings is 2. The van der Waals surface area contributed by atoms with Gasteiger partial charge in [-0.3, -0.25) is 14.6 Å². The number of hydrogen-bond donors (Lipinski definition) is 2. The molecule has 2 amide bonds. The SMILES string of the molecule is Cc1ccc(NC(=O)C(=O)NCc2ccc(C=Nc3cc(Cl)cc(Cl)c3)o2)cc1C. The summed E-state index contributed by atoms with van der Waals surface area (Å²) in [5, 5.41) is 6.06. The molecule has 2 N–H and O–H groups in total. The van der Waals surface area contributed by atoms with Gasteiger partial charge in [0.05, 0.1) is 18.4 Å². The molecule has 0 atom stereocenters. The molecule has 154 valence electrons. The van der Waals surface area contributed by atoms with Gasteiger partial charge in [-0.15, -0.1) is 0 Å². The van der Waals surface area contributed by atoms with Crippen molar-refractivity contribution in [3.8, 4) is 0 Å². The number of anilines is 1. The summed E-state index contributed by atoms with van der Waals surface area (Å²) in [6.07, 6.45) is 1.51. The Kier molecular flexibility index (Phi) is 6.92. The maximum absolute atomic E-state index is 12.1. The molecule has 3 rings (SSSR count). The first kappa shape index (κ1) is 21.6.